The summed E-state index contributed by atoms with van der Waals surface area (Å²) in [5, 5.41) is 4.15. The van der Waals surface area contributed by atoms with Crippen molar-refractivity contribution in [3.8, 4) is 0 Å². The highest BCUT2D eigenvalue weighted by Crippen LogP contribution is 2.06. The highest BCUT2D eigenvalue weighted by Gasteiger charge is 1.98. The Bertz CT molecular complexity index is 547. The molecule has 0 aliphatic rings. The minimum atomic E-state index is 0.504. The van der Waals surface area contributed by atoms with E-state index in [0.29, 0.717) is 13.2 Å². The zero-order chi connectivity index (χ0) is 14.2. The van der Waals surface area contributed by atoms with Gasteiger partial charge in [-0.15, -0.1) is 0 Å². The molecule has 2 N–H and O–H groups in total. The van der Waals surface area contributed by atoms with E-state index in [9.17, 15) is 0 Å². The van der Waals surface area contributed by atoms with E-state index >= 15 is 0 Å². The Morgan fingerprint density at radius 2 is 1.60 bits per heavy atom. The molecule has 0 saturated carbocycles. The molecule has 2 aromatic rings. The molecule has 20 heavy (non-hydrogen) atoms. The van der Waals surface area contributed by atoms with Gasteiger partial charge >= 0.3 is 0 Å². The first-order valence-corrected chi connectivity index (χ1v) is 6.75. The number of hydrogen-bond acceptors (Lipinski definition) is 3. The van der Waals surface area contributed by atoms with Crippen LogP contribution in [-0.4, -0.2) is 5.71 Å². The lowest BCUT2D eigenvalue weighted by Crippen LogP contribution is -2.01. The molecule has 0 heterocycles. The van der Waals surface area contributed by atoms with Gasteiger partial charge in [-0.05, 0) is 23.6 Å². The lowest BCUT2D eigenvalue weighted by molar-refractivity contribution is 0.130. The van der Waals surface area contributed by atoms with Gasteiger partial charge in [-0.25, -0.2) is 0 Å². The molecular weight excluding hydrogens is 248 g/mol. The summed E-state index contributed by atoms with van der Waals surface area (Å²) < 4.78 is 0. The number of oxime groups is 1. The Morgan fingerprint density at radius 3 is 2.25 bits per heavy atom. The van der Waals surface area contributed by atoms with Crippen LogP contribution in [0.15, 0.2) is 59.8 Å². The van der Waals surface area contributed by atoms with E-state index in [1.807, 2.05) is 49.4 Å². The molecule has 0 bridgehead atoms. The average molecular weight is 268 g/mol. The lowest BCUT2D eigenvalue weighted by Gasteiger charge is -2.04. The number of hydrogen-bond donors (Lipinski definition) is 1. The van der Waals surface area contributed by atoms with Gasteiger partial charge in [0, 0.05) is 13.0 Å². The Labute approximate surface area is 120 Å². The predicted octanol–water partition coefficient (Wildman–Crippen LogP) is 3.28. The zero-order valence-corrected chi connectivity index (χ0v) is 11.8. The number of rotatable bonds is 6. The van der Waals surface area contributed by atoms with Crippen LogP contribution in [0.5, 0.6) is 0 Å². The van der Waals surface area contributed by atoms with Crippen LogP contribution in [0, 0.1) is 0 Å². The van der Waals surface area contributed by atoms with Crippen molar-refractivity contribution in [2.45, 2.75) is 26.5 Å². The van der Waals surface area contributed by atoms with Crippen molar-refractivity contribution in [2.24, 2.45) is 10.9 Å². The molecule has 0 atom stereocenters. The molecule has 0 saturated heterocycles. The van der Waals surface area contributed by atoms with Crippen LogP contribution >= 0.6 is 0 Å². The standard InChI is InChI=1S/C17H20N2O/c1-14(11-15-7-9-16(12-18)10-8-15)19-20-13-17-5-3-2-4-6-17/h2-10H,11-13,18H2,1H3/b19-14+. The second-order valence-electron chi connectivity index (χ2n) is 4.78. The molecule has 0 spiro atoms. The van der Waals surface area contributed by atoms with Crippen LogP contribution in [0.1, 0.15) is 23.6 Å². The quantitative estimate of drug-likeness (QED) is 0.645. The molecule has 0 aromatic heterocycles. The third-order valence-electron chi connectivity index (χ3n) is 3.01. The minimum absolute atomic E-state index is 0.504. The van der Waals surface area contributed by atoms with E-state index < -0.39 is 0 Å². The van der Waals surface area contributed by atoms with Gasteiger partial charge in [-0.2, -0.15) is 0 Å². The fourth-order valence-corrected chi connectivity index (χ4v) is 1.91. The van der Waals surface area contributed by atoms with Gasteiger partial charge in [-0.3, -0.25) is 0 Å². The molecular formula is C17H20N2O. The molecule has 0 fully saturated rings. The second kappa shape index (κ2) is 7.46. The Hall–Kier alpha value is -2.13. The van der Waals surface area contributed by atoms with Gasteiger partial charge in [0.1, 0.15) is 6.61 Å². The van der Waals surface area contributed by atoms with Gasteiger partial charge in [0.2, 0.25) is 0 Å². The Balaban J connectivity index is 1.84. The molecule has 3 nitrogen and oxygen atoms in total. The molecule has 3 heteroatoms. The van der Waals surface area contributed by atoms with Crippen molar-refractivity contribution >= 4 is 5.71 Å². The van der Waals surface area contributed by atoms with E-state index in [1.54, 1.807) is 0 Å². The van der Waals surface area contributed by atoms with Gasteiger partial charge < -0.3 is 10.6 Å². The van der Waals surface area contributed by atoms with Crippen molar-refractivity contribution in [2.75, 3.05) is 0 Å². The summed E-state index contributed by atoms with van der Waals surface area (Å²) in [7, 11) is 0. The molecule has 0 aliphatic heterocycles. The maximum atomic E-state index is 5.58. The Morgan fingerprint density at radius 1 is 0.950 bits per heavy atom. The van der Waals surface area contributed by atoms with Crippen molar-refractivity contribution in [1.29, 1.82) is 0 Å². The summed E-state index contributed by atoms with van der Waals surface area (Å²) in [4.78, 5) is 5.37. The highest BCUT2D eigenvalue weighted by atomic mass is 16.6. The summed E-state index contributed by atoms with van der Waals surface area (Å²) in [5.74, 6) is 0. The first-order valence-electron chi connectivity index (χ1n) is 6.75. The van der Waals surface area contributed by atoms with Crippen molar-refractivity contribution < 1.29 is 4.84 Å². The highest BCUT2D eigenvalue weighted by molar-refractivity contribution is 5.83. The van der Waals surface area contributed by atoms with E-state index in [4.69, 9.17) is 10.6 Å². The van der Waals surface area contributed by atoms with Gasteiger partial charge in [0.05, 0.1) is 5.71 Å². The molecule has 2 aromatic carbocycles. The topological polar surface area (TPSA) is 47.6 Å². The van der Waals surface area contributed by atoms with E-state index in [1.165, 1.54) is 5.56 Å². The third-order valence-corrected chi connectivity index (χ3v) is 3.01. The lowest BCUT2D eigenvalue weighted by atomic mass is 10.1. The fourth-order valence-electron chi connectivity index (χ4n) is 1.91. The first kappa shape index (κ1) is 14.3. The SMILES string of the molecule is C/C(Cc1ccc(CN)cc1)=N\OCc1ccccc1. The summed E-state index contributed by atoms with van der Waals surface area (Å²) in [5.41, 5.74) is 10.0. The first-order chi connectivity index (χ1) is 9.78. The maximum Gasteiger partial charge on any atom is 0.142 e. The van der Waals surface area contributed by atoms with Crippen LogP contribution in [-0.2, 0) is 24.4 Å². The smallest absolute Gasteiger partial charge is 0.142 e. The zero-order valence-electron chi connectivity index (χ0n) is 11.8. The second-order valence-corrected chi connectivity index (χ2v) is 4.78. The minimum Gasteiger partial charge on any atom is -0.391 e. The molecule has 0 aliphatic carbocycles. The van der Waals surface area contributed by atoms with Gasteiger partial charge in [-0.1, -0.05) is 59.8 Å². The summed E-state index contributed by atoms with van der Waals surface area (Å²) in [6.07, 6.45) is 0.791. The summed E-state index contributed by atoms with van der Waals surface area (Å²) in [6, 6.07) is 18.3. The number of benzene rings is 2. The molecule has 2 rings (SSSR count). The van der Waals surface area contributed by atoms with E-state index in [2.05, 4.69) is 17.3 Å². The van der Waals surface area contributed by atoms with Crippen molar-refractivity contribution in [3.05, 3.63) is 71.3 Å². The summed E-state index contributed by atoms with van der Waals surface area (Å²) >= 11 is 0. The number of nitrogens with zero attached hydrogens (tertiary/aromatic N) is 1. The largest absolute Gasteiger partial charge is 0.391 e. The van der Waals surface area contributed by atoms with Crippen LogP contribution in [0.3, 0.4) is 0 Å². The fraction of sp³-hybridized carbons (Fsp3) is 0.235. The van der Waals surface area contributed by atoms with Gasteiger partial charge in [0.25, 0.3) is 0 Å². The molecule has 0 amide bonds. The van der Waals surface area contributed by atoms with Crippen molar-refractivity contribution in [3.63, 3.8) is 0 Å². The van der Waals surface area contributed by atoms with E-state index in [0.717, 1.165) is 23.3 Å². The van der Waals surface area contributed by atoms with Crippen LogP contribution < -0.4 is 5.73 Å². The van der Waals surface area contributed by atoms with Crippen LogP contribution in [0.4, 0.5) is 0 Å². The molecule has 0 unspecified atom stereocenters. The van der Waals surface area contributed by atoms with Crippen LogP contribution in [0.2, 0.25) is 0 Å². The maximum absolute atomic E-state index is 5.58. The third kappa shape index (κ3) is 4.52. The Kier molecular flexibility index (Phi) is 5.33. The van der Waals surface area contributed by atoms with Crippen LogP contribution in [0.25, 0.3) is 0 Å². The summed E-state index contributed by atoms with van der Waals surface area (Å²) in [6.45, 7) is 3.06. The molecule has 104 valence electrons. The predicted molar refractivity (Wildman–Crippen MR) is 82.4 cm³/mol. The van der Waals surface area contributed by atoms with Gasteiger partial charge in [0.15, 0.2) is 0 Å². The average Bonchev–Trinajstić information content (AvgIpc) is 2.49. The normalized spacial score (nSPS) is 11.4. The monoisotopic (exact) mass is 268 g/mol. The van der Waals surface area contributed by atoms with E-state index in [-0.39, 0.29) is 0 Å². The van der Waals surface area contributed by atoms with Crippen molar-refractivity contribution in [1.82, 2.24) is 0 Å². The molecule has 0 radical (unpaired) electrons. The number of nitrogens with two attached hydrogens (primary N) is 1.